The van der Waals surface area contributed by atoms with E-state index in [1.807, 2.05) is 0 Å². The summed E-state index contributed by atoms with van der Waals surface area (Å²) in [6.07, 6.45) is 6.60. The Balaban J connectivity index is 1.98. The van der Waals surface area contributed by atoms with Crippen molar-refractivity contribution in [1.82, 2.24) is 0 Å². The standard InChI is InChI=1S/C16H17N3O3/c17-12-5-1-10(2-6-12)15(20)11-3-7-13(8-4-11)19-9-14(18)16(21)22/h1-8,10,14,17,19H,9,18H2,(H,21,22)/t10?,14-/m1/s1. The minimum absolute atomic E-state index is 0.0474. The summed E-state index contributed by atoms with van der Waals surface area (Å²) in [5.41, 5.74) is 7.03. The van der Waals surface area contributed by atoms with Gasteiger partial charge < -0.3 is 21.6 Å². The number of rotatable bonds is 6. The lowest BCUT2D eigenvalue weighted by atomic mass is 9.93. The molecule has 0 amide bonds. The predicted octanol–water partition coefficient (Wildman–Crippen LogP) is 1.46. The first-order valence-electron chi connectivity index (χ1n) is 6.79. The molecule has 0 radical (unpaired) electrons. The average Bonchev–Trinajstić information content (AvgIpc) is 2.53. The molecular weight excluding hydrogens is 282 g/mol. The van der Waals surface area contributed by atoms with E-state index in [0.29, 0.717) is 17.0 Å². The van der Waals surface area contributed by atoms with Crippen LogP contribution in [0.2, 0.25) is 0 Å². The van der Waals surface area contributed by atoms with Gasteiger partial charge in [-0.25, -0.2) is 0 Å². The number of benzene rings is 1. The Morgan fingerprint density at radius 2 is 1.82 bits per heavy atom. The SMILES string of the molecule is N=C1C=CC(C(=O)c2ccc(NC[C@@H](N)C(=O)O)cc2)C=C1. The quantitative estimate of drug-likeness (QED) is 0.593. The van der Waals surface area contributed by atoms with Crippen LogP contribution in [-0.2, 0) is 4.79 Å². The number of aliphatic carboxylic acids is 1. The number of allylic oxidation sites excluding steroid dienone is 4. The zero-order valence-electron chi connectivity index (χ0n) is 11.8. The van der Waals surface area contributed by atoms with E-state index in [9.17, 15) is 9.59 Å². The van der Waals surface area contributed by atoms with E-state index >= 15 is 0 Å². The van der Waals surface area contributed by atoms with Crippen molar-refractivity contribution in [2.24, 2.45) is 11.7 Å². The number of carboxylic acid groups (broad SMARTS) is 1. The highest BCUT2D eigenvalue weighted by molar-refractivity contribution is 6.07. The fraction of sp³-hybridized carbons (Fsp3) is 0.188. The fourth-order valence-corrected chi connectivity index (χ4v) is 1.97. The van der Waals surface area contributed by atoms with E-state index in [0.717, 1.165) is 0 Å². The number of carboxylic acids is 1. The lowest BCUT2D eigenvalue weighted by molar-refractivity contribution is -0.138. The maximum absolute atomic E-state index is 12.3. The fourth-order valence-electron chi connectivity index (χ4n) is 1.97. The van der Waals surface area contributed by atoms with Crippen LogP contribution in [0, 0.1) is 11.3 Å². The molecule has 22 heavy (non-hydrogen) atoms. The largest absolute Gasteiger partial charge is 0.480 e. The average molecular weight is 299 g/mol. The second-order valence-corrected chi connectivity index (χ2v) is 4.97. The number of anilines is 1. The number of hydrogen-bond acceptors (Lipinski definition) is 5. The van der Waals surface area contributed by atoms with Gasteiger partial charge >= 0.3 is 5.97 Å². The molecule has 1 aromatic rings. The predicted molar refractivity (Wildman–Crippen MR) is 84.4 cm³/mol. The van der Waals surface area contributed by atoms with Crippen molar-refractivity contribution in [2.75, 3.05) is 11.9 Å². The molecule has 1 aromatic carbocycles. The summed E-state index contributed by atoms with van der Waals surface area (Å²) in [5, 5.41) is 19.0. The van der Waals surface area contributed by atoms with Gasteiger partial charge in [0.15, 0.2) is 5.78 Å². The van der Waals surface area contributed by atoms with Crippen LogP contribution in [0.25, 0.3) is 0 Å². The summed E-state index contributed by atoms with van der Waals surface area (Å²) in [7, 11) is 0. The van der Waals surface area contributed by atoms with Crippen LogP contribution >= 0.6 is 0 Å². The molecule has 2 rings (SSSR count). The van der Waals surface area contributed by atoms with Gasteiger partial charge in [0.1, 0.15) is 6.04 Å². The van der Waals surface area contributed by atoms with Crippen molar-refractivity contribution in [3.05, 3.63) is 54.1 Å². The maximum Gasteiger partial charge on any atom is 0.322 e. The van der Waals surface area contributed by atoms with Crippen molar-refractivity contribution in [3.63, 3.8) is 0 Å². The number of Topliss-reactive ketones (excluding diaryl/α,β-unsaturated/α-hetero) is 1. The number of nitrogens with two attached hydrogens (primary N) is 1. The van der Waals surface area contributed by atoms with Crippen molar-refractivity contribution in [2.45, 2.75) is 6.04 Å². The molecule has 6 heteroatoms. The number of carbonyl (C=O) groups is 2. The first-order chi connectivity index (χ1) is 10.5. The Hall–Kier alpha value is -2.73. The normalized spacial score (nSPS) is 18.0. The lowest BCUT2D eigenvalue weighted by Crippen LogP contribution is -2.36. The second-order valence-electron chi connectivity index (χ2n) is 4.97. The highest BCUT2D eigenvalue weighted by atomic mass is 16.4. The zero-order valence-corrected chi connectivity index (χ0v) is 11.8. The minimum Gasteiger partial charge on any atom is -0.480 e. The summed E-state index contributed by atoms with van der Waals surface area (Å²) in [5.74, 6) is -1.47. The molecule has 0 bridgehead atoms. The van der Waals surface area contributed by atoms with Gasteiger partial charge in [-0.1, -0.05) is 12.2 Å². The molecule has 5 N–H and O–H groups in total. The summed E-state index contributed by atoms with van der Waals surface area (Å²) >= 11 is 0. The smallest absolute Gasteiger partial charge is 0.322 e. The number of ketones is 1. The number of hydrogen-bond donors (Lipinski definition) is 4. The van der Waals surface area contributed by atoms with Gasteiger partial charge in [-0.05, 0) is 36.4 Å². The van der Waals surface area contributed by atoms with Crippen LogP contribution < -0.4 is 11.1 Å². The molecule has 0 spiro atoms. The molecule has 1 aliphatic carbocycles. The van der Waals surface area contributed by atoms with Gasteiger partial charge in [-0.15, -0.1) is 0 Å². The summed E-state index contributed by atoms with van der Waals surface area (Å²) in [4.78, 5) is 22.9. The second kappa shape index (κ2) is 6.82. The van der Waals surface area contributed by atoms with Crippen molar-refractivity contribution in [1.29, 1.82) is 5.41 Å². The Morgan fingerprint density at radius 3 is 2.36 bits per heavy atom. The molecule has 0 heterocycles. The van der Waals surface area contributed by atoms with E-state index in [2.05, 4.69) is 5.32 Å². The molecule has 114 valence electrons. The van der Waals surface area contributed by atoms with Crippen molar-refractivity contribution >= 4 is 23.2 Å². The number of carbonyl (C=O) groups excluding carboxylic acids is 1. The van der Waals surface area contributed by atoms with E-state index < -0.39 is 12.0 Å². The molecule has 0 aromatic heterocycles. The minimum atomic E-state index is -1.07. The lowest BCUT2D eigenvalue weighted by Gasteiger charge is -2.12. The highest BCUT2D eigenvalue weighted by Crippen LogP contribution is 2.17. The Labute approximate surface area is 127 Å². The van der Waals surface area contributed by atoms with E-state index in [1.165, 1.54) is 0 Å². The summed E-state index contributed by atoms with van der Waals surface area (Å²) in [6.45, 7) is 0.110. The summed E-state index contributed by atoms with van der Waals surface area (Å²) in [6, 6.07) is 5.80. The van der Waals surface area contributed by atoms with E-state index in [4.69, 9.17) is 16.2 Å². The Morgan fingerprint density at radius 1 is 1.23 bits per heavy atom. The van der Waals surface area contributed by atoms with Crippen LogP contribution in [0.5, 0.6) is 0 Å². The van der Waals surface area contributed by atoms with Crippen LogP contribution in [0.1, 0.15) is 10.4 Å². The van der Waals surface area contributed by atoms with Crippen LogP contribution in [0.15, 0.2) is 48.6 Å². The third-order valence-corrected chi connectivity index (χ3v) is 3.28. The molecule has 0 fully saturated rings. The Kier molecular flexibility index (Phi) is 4.85. The van der Waals surface area contributed by atoms with Gasteiger partial charge in [-0.2, -0.15) is 0 Å². The molecule has 0 saturated carbocycles. The molecule has 0 saturated heterocycles. The summed E-state index contributed by atoms with van der Waals surface area (Å²) < 4.78 is 0. The van der Waals surface area contributed by atoms with Crippen molar-refractivity contribution in [3.8, 4) is 0 Å². The third-order valence-electron chi connectivity index (χ3n) is 3.28. The van der Waals surface area contributed by atoms with Crippen molar-refractivity contribution < 1.29 is 14.7 Å². The van der Waals surface area contributed by atoms with Crippen LogP contribution in [0.4, 0.5) is 5.69 Å². The van der Waals surface area contributed by atoms with Crippen LogP contribution in [-0.4, -0.2) is 35.2 Å². The van der Waals surface area contributed by atoms with Gasteiger partial charge in [0, 0.05) is 17.8 Å². The topological polar surface area (TPSA) is 116 Å². The number of nitrogens with one attached hydrogen (secondary N) is 2. The molecule has 1 atom stereocenters. The molecule has 0 unspecified atom stereocenters. The van der Waals surface area contributed by atoms with E-state index in [1.54, 1.807) is 48.6 Å². The molecule has 6 nitrogen and oxygen atoms in total. The van der Waals surface area contributed by atoms with Gasteiger partial charge in [0.25, 0.3) is 0 Å². The van der Waals surface area contributed by atoms with Gasteiger partial charge in [-0.3, -0.25) is 9.59 Å². The molecule has 1 aliphatic rings. The van der Waals surface area contributed by atoms with Gasteiger partial charge in [0.2, 0.25) is 0 Å². The third kappa shape index (κ3) is 3.89. The first-order valence-corrected chi connectivity index (χ1v) is 6.79. The highest BCUT2D eigenvalue weighted by Gasteiger charge is 2.17. The first kappa shape index (κ1) is 15.7. The Bertz CT molecular complexity index is 631. The van der Waals surface area contributed by atoms with Crippen LogP contribution in [0.3, 0.4) is 0 Å². The zero-order chi connectivity index (χ0) is 16.1. The van der Waals surface area contributed by atoms with E-state index in [-0.39, 0.29) is 18.2 Å². The molecule has 0 aliphatic heterocycles. The molecular formula is C16H17N3O3. The monoisotopic (exact) mass is 299 g/mol. The maximum atomic E-state index is 12.3. The van der Waals surface area contributed by atoms with Gasteiger partial charge in [0.05, 0.1) is 11.6 Å².